The van der Waals surface area contributed by atoms with Crippen molar-refractivity contribution in [2.24, 2.45) is 0 Å². The Labute approximate surface area is 125 Å². The molecule has 2 heterocycles. The van der Waals surface area contributed by atoms with Crippen molar-refractivity contribution in [2.75, 3.05) is 6.54 Å². The predicted octanol–water partition coefficient (Wildman–Crippen LogP) is 2.82. The van der Waals surface area contributed by atoms with Gasteiger partial charge in [0.25, 0.3) is 0 Å². The van der Waals surface area contributed by atoms with E-state index in [9.17, 15) is 5.11 Å². The number of imidazole rings is 1. The van der Waals surface area contributed by atoms with Crippen LogP contribution in [0.3, 0.4) is 0 Å². The Hall–Kier alpha value is -1.81. The van der Waals surface area contributed by atoms with Gasteiger partial charge in [0.1, 0.15) is 11.6 Å². The van der Waals surface area contributed by atoms with Gasteiger partial charge in [-0.05, 0) is 37.5 Å². The first-order valence-electron chi connectivity index (χ1n) is 7.79. The van der Waals surface area contributed by atoms with Crippen LogP contribution in [0.5, 0.6) is 5.75 Å². The van der Waals surface area contributed by atoms with Crippen LogP contribution in [0.2, 0.25) is 0 Å². The number of fused-ring (bicyclic) bond motifs is 1. The Kier molecular flexibility index (Phi) is 4.25. The number of hydrogen-bond acceptors (Lipinski definition) is 3. The van der Waals surface area contributed by atoms with E-state index in [2.05, 4.69) is 23.0 Å². The Bertz CT molecular complexity index is 582. The average Bonchev–Trinajstić information content (AvgIpc) is 2.89. The van der Waals surface area contributed by atoms with E-state index in [4.69, 9.17) is 4.98 Å². The van der Waals surface area contributed by atoms with E-state index in [0.29, 0.717) is 5.75 Å². The van der Waals surface area contributed by atoms with Gasteiger partial charge in [-0.1, -0.05) is 12.1 Å². The second kappa shape index (κ2) is 6.31. The maximum absolute atomic E-state index is 9.52. The van der Waals surface area contributed by atoms with Crippen LogP contribution in [0.4, 0.5) is 0 Å². The summed E-state index contributed by atoms with van der Waals surface area (Å²) in [6, 6.07) is 7.66. The fourth-order valence-corrected chi connectivity index (χ4v) is 2.92. The third kappa shape index (κ3) is 3.45. The molecule has 1 atom stereocenters. The van der Waals surface area contributed by atoms with Crippen LogP contribution in [-0.4, -0.2) is 21.2 Å². The molecule has 3 rings (SSSR count). The number of phenolic OH excluding ortho intramolecular Hbond substituents is 1. The first kappa shape index (κ1) is 14.1. The van der Waals surface area contributed by atoms with Gasteiger partial charge in [0.15, 0.2) is 0 Å². The van der Waals surface area contributed by atoms with Crippen molar-refractivity contribution in [3.8, 4) is 5.75 Å². The van der Waals surface area contributed by atoms with Crippen LogP contribution in [0, 0.1) is 0 Å². The third-order valence-electron chi connectivity index (χ3n) is 4.16. The molecule has 0 fully saturated rings. The lowest BCUT2D eigenvalue weighted by Gasteiger charge is -2.13. The maximum Gasteiger partial charge on any atom is 0.115 e. The number of aryl methyl sites for hydroxylation is 2. The first-order valence-corrected chi connectivity index (χ1v) is 7.79. The molecule has 1 aromatic carbocycles. The lowest BCUT2D eigenvalue weighted by Crippen LogP contribution is -2.21. The van der Waals surface area contributed by atoms with E-state index in [1.54, 1.807) is 6.07 Å². The summed E-state index contributed by atoms with van der Waals surface area (Å²) in [6.07, 6.45) is 6.81. The number of aromatic nitrogens is 2. The molecule has 0 saturated carbocycles. The van der Waals surface area contributed by atoms with Crippen LogP contribution in [0.1, 0.15) is 42.9 Å². The van der Waals surface area contributed by atoms with Crippen molar-refractivity contribution >= 4 is 0 Å². The highest BCUT2D eigenvalue weighted by Crippen LogP contribution is 2.18. The Balaban J connectivity index is 1.52. The van der Waals surface area contributed by atoms with Gasteiger partial charge in [-0.3, -0.25) is 0 Å². The third-order valence-corrected chi connectivity index (χ3v) is 4.16. The van der Waals surface area contributed by atoms with Gasteiger partial charge >= 0.3 is 0 Å². The molecule has 0 spiro atoms. The second-order valence-corrected chi connectivity index (χ2v) is 5.82. The highest BCUT2D eigenvalue weighted by Gasteiger charge is 2.12. The largest absolute Gasteiger partial charge is 0.508 e. The number of nitrogens with zero attached hydrogens (tertiary/aromatic N) is 2. The topological polar surface area (TPSA) is 50.1 Å². The summed E-state index contributed by atoms with van der Waals surface area (Å²) in [5.41, 5.74) is 2.29. The Morgan fingerprint density at radius 2 is 2.29 bits per heavy atom. The zero-order chi connectivity index (χ0) is 14.7. The number of aromatic hydroxyl groups is 1. The van der Waals surface area contributed by atoms with Crippen molar-refractivity contribution in [3.05, 3.63) is 47.5 Å². The van der Waals surface area contributed by atoms with E-state index in [1.165, 1.54) is 24.4 Å². The van der Waals surface area contributed by atoms with E-state index in [-0.39, 0.29) is 6.04 Å². The van der Waals surface area contributed by atoms with Crippen LogP contribution in [0.25, 0.3) is 0 Å². The summed E-state index contributed by atoms with van der Waals surface area (Å²) in [5, 5.41) is 13.0. The molecule has 2 aromatic rings. The zero-order valence-corrected chi connectivity index (χ0v) is 12.5. The molecule has 0 saturated heterocycles. The lowest BCUT2D eigenvalue weighted by molar-refractivity contribution is 0.472. The van der Waals surface area contributed by atoms with Gasteiger partial charge in [-0.25, -0.2) is 4.98 Å². The van der Waals surface area contributed by atoms with Crippen molar-refractivity contribution in [3.63, 3.8) is 0 Å². The molecule has 1 aromatic heterocycles. The van der Waals surface area contributed by atoms with Gasteiger partial charge in [-0.15, -0.1) is 0 Å². The summed E-state index contributed by atoms with van der Waals surface area (Å²) in [5.74, 6) is 1.57. The molecule has 0 bridgehead atoms. The molecule has 2 N–H and O–H groups in total. The Morgan fingerprint density at radius 3 is 3.10 bits per heavy atom. The number of phenols is 1. The summed E-state index contributed by atoms with van der Waals surface area (Å²) in [7, 11) is 0. The van der Waals surface area contributed by atoms with Crippen LogP contribution < -0.4 is 5.32 Å². The molecule has 0 unspecified atom stereocenters. The van der Waals surface area contributed by atoms with E-state index >= 15 is 0 Å². The van der Waals surface area contributed by atoms with Gasteiger partial charge < -0.3 is 15.0 Å². The fourth-order valence-electron chi connectivity index (χ4n) is 2.92. The number of hydrogen-bond donors (Lipinski definition) is 2. The van der Waals surface area contributed by atoms with Crippen LogP contribution in [-0.2, 0) is 19.4 Å². The molecule has 0 aliphatic carbocycles. The molecule has 112 valence electrons. The van der Waals surface area contributed by atoms with Gasteiger partial charge in [0, 0.05) is 38.2 Å². The molecule has 0 radical (unpaired) electrons. The maximum atomic E-state index is 9.52. The van der Waals surface area contributed by atoms with Gasteiger partial charge in [0.2, 0.25) is 0 Å². The summed E-state index contributed by atoms with van der Waals surface area (Å²) in [4.78, 5) is 4.72. The molecular formula is C17H23N3O. The first-order chi connectivity index (χ1) is 10.2. The molecule has 0 amide bonds. The number of rotatable bonds is 5. The SMILES string of the molecule is C[C@H](NCCc1cn2c(n1)CCCC2)c1cccc(O)c1. The number of benzene rings is 1. The molecule has 1 aliphatic rings. The molecule has 4 heteroatoms. The normalized spacial score (nSPS) is 15.7. The van der Waals surface area contributed by atoms with Crippen molar-refractivity contribution in [1.29, 1.82) is 0 Å². The highest BCUT2D eigenvalue weighted by molar-refractivity contribution is 5.29. The van der Waals surface area contributed by atoms with Crippen molar-refractivity contribution in [1.82, 2.24) is 14.9 Å². The van der Waals surface area contributed by atoms with Crippen LogP contribution in [0.15, 0.2) is 30.5 Å². The highest BCUT2D eigenvalue weighted by atomic mass is 16.3. The lowest BCUT2D eigenvalue weighted by atomic mass is 10.1. The van der Waals surface area contributed by atoms with Gasteiger partial charge in [-0.2, -0.15) is 0 Å². The monoisotopic (exact) mass is 285 g/mol. The van der Waals surface area contributed by atoms with E-state index in [0.717, 1.165) is 31.5 Å². The molecule has 21 heavy (non-hydrogen) atoms. The minimum absolute atomic E-state index is 0.231. The quantitative estimate of drug-likeness (QED) is 0.888. The summed E-state index contributed by atoms with van der Waals surface area (Å²) in [6.45, 7) is 4.13. The van der Waals surface area contributed by atoms with E-state index in [1.807, 2.05) is 18.2 Å². The zero-order valence-electron chi connectivity index (χ0n) is 12.5. The standard InChI is InChI=1S/C17H23N3O/c1-13(14-5-4-6-16(21)11-14)18-9-8-15-12-20-10-3-2-7-17(20)19-15/h4-6,11-13,18,21H,2-3,7-10H2,1H3/t13-/m0/s1. The second-order valence-electron chi connectivity index (χ2n) is 5.82. The number of nitrogens with one attached hydrogen (secondary N) is 1. The van der Waals surface area contributed by atoms with E-state index < -0.39 is 0 Å². The average molecular weight is 285 g/mol. The minimum Gasteiger partial charge on any atom is -0.508 e. The summed E-state index contributed by atoms with van der Waals surface area (Å²) >= 11 is 0. The van der Waals surface area contributed by atoms with Crippen molar-refractivity contribution < 1.29 is 5.11 Å². The van der Waals surface area contributed by atoms with Crippen LogP contribution >= 0.6 is 0 Å². The van der Waals surface area contributed by atoms with Crippen molar-refractivity contribution in [2.45, 2.75) is 45.2 Å². The molecule has 1 aliphatic heterocycles. The van der Waals surface area contributed by atoms with Gasteiger partial charge in [0.05, 0.1) is 5.69 Å². The fraction of sp³-hybridized carbons (Fsp3) is 0.471. The summed E-state index contributed by atoms with van der Waals surface area (Å²) < 4.78 is 2.30. The minimum atomic E-state index is 0.231. The Morgan fingerprint density at radius 1 is 1.38 bits per heavy atom. The molecular weight excluding hydrogens is 262 g/mol. The predicted molar refractivity (Wildman–Crippen MR) is 83.4 cm³/mol. The molecule has 4 nitrogen and oxygen atoms in total. The smallest absolute Gasteiger partial charge is 0.115 e.